The van der Waals surface area contributed by atoms with Crippen LogP contribution in [0.25, 0.3) is 0 Å². The first-order chi connectivity index (χ1) is 15.1. The summed E-state index contributed by atoms with van der Waals surface area (Å²) in [6.45, 7) is 11.1. The zero-order chi connectivity index (χ0) is 21.5. The minimum absolute atomic E-state index is 0.218. The predicted octanol–water partition coefficient (Wildman–Crippen LogP) is 1.91. The number of nitrogens with zero attached hydrogens (tertiary/aromatic N) is 4. The molecule has 2 aliphatic rings. The summed E-state index contributed by atoms with van der Waals surface area (Å²) in [7, 11) is 4.60. The van der Waals surface area contributed by atoms with Gasteiger partial charge in [-0.25, -0.2) is 0 Å². The van der Waals surface area contributed by atoms with Crippen LogP contribution < -0.4 is 9.31 Å². The van der Waals surface area contributed by atoms with E-state index in [1.807, 2.05) is 24.3 Å². The van der Waals surface area contributed by atoms with Crippen LogP contribution >= 0.6 is 0 Å². The second kappa shape index (κ2) is 11.0. The van der Waals surface area contributed by atoms with Gasteiger partial charge in [0.2, 0.25) is 0 Å². The second-order valence-corrected chi connectivity index (χ2v) is 8.85. The summed E-state index contributed by atoms with van der Waals surface area (Å²) in [5, 5.41) is 0. The van der Waals surface area contributed by atoms with Gasteiger partial charge in [-0.2, -0.15) is 0 Å². The first kappa shape index (κ1) is 22.2. The molecule has 0 bridgehead atoms. The van der Waals surface area contributed by atoms with Crippen molar-refractivity contribution in [3.63, 3.8) is 0 Å². The molecule has 0 atom stereocenters. The van der Waals surface area contributed by atoms with E-state index in [9.17, 15) is 0 Å². The molecule has 2 aromatic carbocycles. The van der Waals surface area contributed by atoms with Gasteiger partial charge in [0.15, 0.2) is 0 Å². The molecular formula is C24H35BN4O2. The molecule has 31 heavy (non-hydrogen) atoms. The molecule has 0 aromatic heterocycles. The lowest BCUT2D eigenvalue weighted by atomic mass is 10.1. The topological polar surface area (TPSA) is 31.4 Å². The quantitative estimate of drug-likeness (QED) is 0.605. The van der Waals surface area contributed by atoms with Gasteiger partial charge in [0.25, 0.3) is 0 Å². The normalized spacial score (nSPS) is 19.3. The molecule has 2 heterocycles. The van der Waals surface area contributed by atoms with Crippen molar-refractivity contribution in [2.45, 2.75) is 13.1 Å². The third kappa shape index (κ3) is 6.97. The molecule has 2 aromatic rings. The maximum absolute atomic E-state index is 5.78. The Morgan fingerprint density at radius 3 is 1.29 bits per heavy atom. The van der Waals surface area contributed by atoms with E-state index in [0.29, 0.717) is 0 Å². The molecule has 0 amide bonds. The first-order valence-electron chi connectivity index (χ1n) is 11.4. The molecule has 7 heteroatoms. The van der Waals surface area contributed by atoms with Crippen LogP contribution in [-0.4, -0.2) is 93.7 Å². The van der Waals surface area contributed by atoms with Crippen molar-refractivity contribution in [1.29, 1.82) is 0 Å². The third-order valence-electron chi connectivity index (χ3n) is 6.30. The minimum atomic E-state index is 0.218. The fourth-order valence-electron chi connectivity index (χ4n) is 4.08. The van der Waals surface area contributed by atoms with E-state index in [-0.39, 0.29) is 7.69 Å². The molecule has 0 radical (unpaired) electrons. The van der Waals surface area contributed by atoms with E-state index in [0.717, 1.165) is 76.9 Å². The maximum Gasteiger partial charge on any atom is 0.576 e. The summed E-state index contributed by atoms with van der Waals surface area (Å²) in [6.07, 6.45) is 0. The Morgan fingerprint density at radius 2 is 0.935 bits per heavy atom. The summed E-state index contributed by atoms with van der Waals surface area (Å²) in [6, 6.07) is 16.8. The van der Waals surface area contributed by atoms with E-state index in [1.165, 1.54) is 11.1 Å². The summed E-state index contributed by atoms with van der Waals surface area (Å²) in [5.74, 6) is 1.68. The number of likely N-dealkylation sites (N-methyl/N-ethyl adjacent to an activating group) is 2. The minimum Gasteiger partial charge on any atom is -0.529 e. The van der Waals surface area contributed by atoms with Gasteiger partial charge in [-0.1, -0.05) is 24.3 Å². The van der Waals surface area contributed by atoms with Gasteiger partial charge in [0.1, 0.15) is 11.5 Å². The highest BCUT2D eigenvalue weighted by Gasteiger charge is 2.15. The lowest BCUT2D eigenvalue weighted by molar-refractivity contribution is 0.148. The monoisotopic (exact) mass is 422 g/mol. The highest BCUT2D eigenvalue weighted by Crippen LogP contribution is 2.17. The Hall–Kier alpha value is -2.06. The largest absolute Gasteiger partial charge is 0.576 e. The Kier molecular flexibility index (Phi) is 7.86. The molecule has 0 N–H and O–H groups in total. The number of rotatable bonds is 8. The fourth-order valence-corrected chi connectivity index (χ4v) is 4.08. The molecule has 0 spiro atoms. The van der Waals surface area contributed by atoms with Crippen molar-refractivity contribution in [3.05, 3.63) is 59.7 Å². The van der Waals surface area contributed by atoms with Gasteiger partial charge < -0.3 is 19.1 Å². The molecule has 2 aliphatic heterocycles. The van der Waals surface area contributed by atoms with Crippen molar-refractivity contribution in [2.75, 3.05) is 66.5 Å². The van der Waals surface area contributed by atoms with Gasteiger partial charge in [0, 0.05) is 65.4 Å². The summed E-state index contributed by atoms with van der Waals surface area (Å²) < 4.78 is 11.6. The Balaban J connectivity index is 1.17. The second-order valence-electron chi connectivity index (χ2n) is 8.85. The lowest BCUT2D eigenvalue weighted by Gasteiger charge is -2.32. The maximum atomic E-state index is 5.78. The average molecular weight is 422 g/mol. The highest BCUT2D eigenvalue weighted by atomic mass is 16.6. The SMILES string of the molecule is CN1CCN(Cc2ccc(OBOc3ccc(CN4CCN(C)CC4)cc3)cc2)CC1. The Labute approximate surface area is 187 Å². The van der Waals surface area contributed by atoms with E-state index < -0.39 is 0 Å². The first-order valence-corrected chi connectivity index (χ1v) is 11.4. The van der Waals surface area contributed by atoms with Gasteiger partial charge in [0.05, 0.1) is 0 Å². The summed E-state index contributed by atoms with van der Waals surface area (Å²) >= 11 is 0. The zero-order valence-corrected chi connectivity index (χ0v) is 19.0. The molecule has 2 fully saturated rings. The summed E-state index contributed by atoms with van der Waals surface area (Å²) in [5.41, 5.74) is 2.66. The average Bonchev–Trinajstić information content (AvgIpc) is 2.79. The van der Waals surface area contributed by atoms with Crippen LogP contribution in [0.2, 0.25) is 0 Å². The number of hydrogen-bond acceptors (Lipinski definition) is 6. The molecular weight excluding hydrogens is 387 g/mol. The van der Waals surface area contributed by atoms with Crippen LogP contribution in [0.5, 0.6) is 11.5 Å². The standard InChI is InChI=1S/C24H35BN4O2/c1-26-11-15-28(16-12-26)19-21-3-7-23(8-4-21)30-25-31-24-9-5-22(6-10-24)20-29-17-13-27(2)14-18-29/h3-10,25H,11-20H2,1-2H3. The molecule has 0 unspecified atom stereocenters. The molecule has 2 saturated heterocycles. The molecule has 166 valence electrons. The van der Waals surface area contributed by atoms with Gasteiger partial charge in [-0.3, -0.25) is 9.80 Å². The van der Waals surface area contributed by atoms with Crippen LogP contribution in [0, 0.1) is 0 Å². The fraction of sp³-hybridized carbons (Fsp3) is 0.500. The Morgan fingerprint density at radius 1 is 0.581 bits per heavy atom. The third-order valence-corrected chi connectivity index (χ3v) is 6.30. The molecule has 0 aliphatic carbocycles. The van der Waals surface area contributed by atoms with Crippen LogP contribution in [0.1, 0.15) is 11.1 Å². The van der Waals surface area contributed by atoms with E-state index in [4.69, 9.17) is 9.31 Å². The summed E-state index contributed by atoms with van der Waals surface area (Å²) in [4.78, 5) is 9.78. The number of benzene rings is 2. The zero-order valence-electron chi connectivity index (χ0n) is 19.0. The van der Waals surface area contributed by atoms with Gasteiger partial charge in [-0.05, 0) is 49.5 Å². The van der Waals surface area contributed by atoms with Crippen molar-refractivity contribution in [3.8, 4) is 11.5 Å². The predicted molar refractivity (Wildman–Crippen MR) is 127 cm³/mol. The van der Waals surface area contributed by atoms with E-state index >= 15 is 0 Å². The van der Waals surface area contributed by atoms with Crippen LogP contribution in [0.4, 0.5) is 0 Å². The van der Waals surface area contributed by atoms with Crippen molar-refractivity contribution in [2.24, 2.45) is 0 Å². The number of hydrogen-bond donors (Lipinski definition) is 0. The molecule has 6 nitrogen and oxygen atoms in total. The van der Waals surface area contributed by atoms with E-state index in [1.54, 1.807) is 0 Å². The Bertz CT molecular complexity index is 719. The molecule has 4 rings (SSSR count). The molecule has 0 saturated carbocycles. The smallest absolute Gasteiger partial charge is 0.529 e. The van der Waals surface area contributed by atoms with Gasteiger partial charge in [-0.15, -0.1) is 0 Å². The lowest BCUT2D eigenvalue weighted by Crippen LogP contribution is -2.43. The van der Waals surface area contributed by atoms with Crippen LogP contribution in [-0.2, 0) is 13.1 Å². The van der Waals surface area contributed by atoms with Crippen LogP contribution in [0.15, 0.2) is 48.5 Å². The highest BCUT2D eigenvalue weighted by molar-refractivity contribution is 6.20. The van der Waals surface area contributed by atoms with E-state index in [2.05, 4.69) is 58.0 Å². The van der Waals surface area contributed by atoms with Crippen molar-refractivity contribution >= 4 is 7.69 Å². The van der Waals surface area contributed by atoms with Crippen molar-refractivity contribution < 1.29 is 9.31 Å². The van der Waals surface area contributed by atoms with Gasteiger partial charge >= 0.3 is 7.69 Å². The van der Waals surface area contributed by atoms with Crippen LogP contribution in [0.3, 0.4) is 0 Å². The number of piperazine rings is 2. The van der Waals surface area contributed by atoms with Crippen molar-refractivity contribution in [1.82, 2.24) is 19.6 Å².